The Labute approximate surface area is 139 Å². The lowest BCUT2D eigenvalue weighted by molar-refractivity contribution is 0.482. The topological polar surface area (TPSA) is 36.3 Å². The predicted molar refractivity (Wildman–Crippen MR) is 94.9 cm³/mol. The Hall–Kier alpha value is -2.47. The lowest BCUT2D eigenvalue weighted by Gasteiger charge is -2.25. The van der Waals surface area contributed by atoms with Gasteiger partial charge in [-0.05, 0) is 49.2 Å². The number of para-hydroxylation sites is 1. The molecule has 120 valence electrons. The Morgan fingerprint density at radius 2 is 1.70 bits per heavy atom. The Balaban J connectivity index is 0.000000924. The van der Waals surface area contributed by atoms with E-state index in [1.165, 1.54) is 5.69 Å². The molecule has 3 rings (SSSR count). The van der Waals surface area contributed by atoms with Crippen molar-refractivity contribution in [2.24, 2.45) is 0 Å². The standard InChI is InChI=1S/C18H18N2O.C2H6/c19-13-12-15-5-4-14-20(15)16-8-10-18(11-9-16)21-17-6-2-1-3-7-17;1-2/h1-3,6-11,15H,4-5,12,14H2;1-2H3/t15-;/m0./s1. The summed E-state index contributed by atoms with van der Waals surface area (Å²) in [4.78, 5) is 2.33. The first-order chi connectivity index (χ1) is 11.4. The number of benzene rings is 2. The summed E-state index contributed by atoms with van der Waals surface area (Å²) in [5.41, 5.74) is 1.17. The summed E-state index contributed by atoms with van der Waals surface area (Å²) >= 11 is 0. The van der Waals surface area contributed by atoms with Crippen LogP contribution < -0.4 is 9.64 Å². The minimum atomic E-state index is 0.357. The van der Waals surface area contributed by atoms with E-state index in [2.05, 4.69) is 23.1 Å². The molecule has 0 bridgehead atoms. The highest BCUT2D eigenvalue weighted by atomic mass is 16.5. The molecule has 3 heteroatoms. The third-order valence-electron chi connectivity index (χ3n) is 3.85. The number of hydrogen-bond acceptors (Lipinski definition) is 3. The SMILES string of the molecule is CC.N#CC[C@@H]1CCCN1c1ccc(Oc2ccccc2)cc1. The van der Waals surface area contributed by atoms with Crippen LogP contribution in [0.2, 0.25) is 0 Å². The normalized spacial score (nSPS) is 16.2. The number of nitrogens with zero attached hydrogens (tertiary/aromatic N) is 2. The molecule has 2 aromatic carbocycles. The van der Waals surface area contributed by atoms with Crippen molar-refractivity contribution in [3.8, 4) is 17.6 Å². The summed E-state index contributed by atoms with van der Waals surface area (Å²) in [5, 5.41) is 8.90. The van der Waals surface area contributed by atoms with Gasteiger partial charge >= 0.3 is 0 Å². The first-order valence-corrected chi connectivity index (χ1v) is 8.33. The second kappa shape index (κ2) is 8.85. The third-order valence-corrected chi connectivity index (χ3v) is 3.85. The monoisotopic (exact) mass is 308 g/mol. The molecule has 1 aliphatic rings. The lowest BCUT2D eigenvalue weighted by Crippen LogP contribution is -2.28. The smallest absolute Gasteiger partial charge is 0.127 e. The van der Waals surface area contributed by atoms with E-state index in [-0.39, 0.29) is 0 Å². The van der Waals surface area contributed by atoms with Crippen molar-refractivity contribution in [3.05, 3.63) is 54.6 Å². The molecular weight excluding hydrogens is 284 g/mol. The maximum atomic E-state index is 8.90. The van der Waals surface area contributed by atoms with Gasteiger partial charge in [0.25, 0.3) is 0 Å². The molecule has 0 amide bonds. The molecule has 0 saturated carbocycles. The number of nitriles is 1. The molecule has 3 nitrogen and oxygen atoms in total. The zero-order chi connectivity index (χ0) is 16.5. The van der Waals surface area contributed by atoms with E-state index in [4.69, 9.17) is 10.00 Å². The van der Waals surface area contributed by atoms with E-state index in [1.807, 2.05) is 56.3 Å². The van der Waals surface area contributed by atoms with Crippen LogP contribution in [0, 0.1) is 11.3 Å². The maximum Gasteiger partial charge on any atom is 0.127 e. The zero-order valence-electron chi connectivity index (χ0n) is 13.9. The average Bonchev–Trinajstić information content (AvgIpc) is 3.07. The summed E-state index contributed by atoms with van der Waals surface area (Å²) in [6.07, 6.45) is 2.87. The number of rotatable bonds is 4. The average molecular weight is 308 g/mol. The molecule has 1 aliphatic heterocycles. The zero-order valence-corrected chi connectivity index (χ0v) is 13.9. The van der Waals surface area contributed by atoms with E-state index in [1.54, 1.807) is 0 Å². The fourth-order valence-electron chi connectivity index (χ4n) is 2.82. The molecule has 0 spiro atoms. The fourth-order valence-corrected chi connectivity index (χ4v) is 2.82. The van der Waals surface area contributed by atoms with Gasteiger partial charge in [0, 0.05) is 18.3 Å². The molecule has 2 aromatic rings. The van der Waals surface area contributed by atoms with Crippen molar-refractivity contribution in [1.82, 2.24) is 0 Å². The summed E-state index contributed by atoms with van der Waals surface area (Å²) in [7, 11) is 0. The van der Waals surface area contributed by atoms with Crippen LogP contribution in [0.1, 0.15) is 33.1 Å². The van der Waals surface area contributed by atoms with Crippen LogP contribution in [0.5, 0.6) is 11.5 Å². The summed E-state index contributed by atoms with van der Waals surface area (Å²) in [6, 6.07) is 20.6. The van der Waals surface area contributed by atoms with Crippen LogP contribution in [-0.4, -0.2) is 12.6 Å². The molecular formula is C20H24N2O. The highest BCUT2D eigenvalue weighted by Crippen LogP contribution is 2.29. The first-order valence-electron chi connectivity index (χ1n) is 8.33. The van der Waals surface area contributed by atoms with Crippen molar-refractivity contribution in [2.75, 3.05) is 11.4 Å². The summed E-state index contributed by atoms with van der Waals surface area (Å²) in [5.74, 6) is 1.68. The second-order valence-electron chi connectivity index (χ2n) is 5.26. The quantitative estimate of drug-likeness (QED) is 0.760. The van der Waals surface area contributed by atoms with E-state index < -0.39 is 0 Å². The highest BCUT2D eigenvalue weighted by Gasteiger charge is 2.24. The number of hydrogen-bond donors (Lipinski definition) is 0. The predicted octanol–water partition coefficient (Wildman–Crippen LogP) is 5.39. The van der Waals surface area contributed by atoms with E-state index >= 15 is 0 Å². The van der Waals surface area contributed by atoms with E-state index in [0.717, 1.165) is 30.9 Å². The van der Waals surface area contributed by atoms with Crippen molar-refractivity contribution in [3.63, 3.8) is 0 Å². The van der Waals surface area contributed by atoms with Gasteiger partial charge in [0.1, 0.15) is 11.5 Å². The van der Waals surface area contributed by atoms with Crippen molar-refractivity contribution >= 4 is 5.69 Å². The van der Waals surface area contributed by atoms with Crippen LogP contribution >= 0.6 is 0 Å². The Morgan fingerprint density at radius 3 is 2.35 bits per heavy atom. The molecule has 0 aromatic heterocycles. The van der Waals surface area contributed by atoms with Crippen LogP contribution in [0.4, 0.5) is 5.69 Å². The molecule has 0 N–H and O–H groups in total. The van der Waals surface area contributed by atoms with Crippen LogP contribution in [-0.2, 0) is 0 Å². The fraction of sp³-hybridized carbons (Fsp3) is 0.350. The summed E-state index contributed by atoms with van der Waals surface area (Å²) in [6.45, 7) is 5.03. The maximum absolute atomic E-state index is 8.90. The van der Waals surface area contributed by atoms with Gasteiger partial charge in [-0.25, -0.2) is 0 Å². The largest absolute Gasteiger partial charge is 0.457 e. The van der Waals surface area contributed by atoms with E-state index in [0.29, 0.717) is 12.5 Å². The van der Waals surface area contributed by atoms with Crippen LogP contribution in [0.3, 0.4) is 0 Å². The van der Waals surface area contributed by atoms with Crippen molar-refractivity contribution in [2.45, 2.75) is 39.2 Å². The van der Waals surface area contributed by atoms with Gasteiger partial charge in [0.15, 0.2) is 0 Å². The minimum Gasteiger partial charge on any atom is -0.457 e. The molecule has 0 unspecified atom stereocenters. The molecule has 1 fully saturated rings. The van der Waals surface area contributed by atoms with Gasteiger partial charge in [-0.3, -0.25) is 0 Å². The third kappa shape index (κ3) is 4.50. The molecule has 0 radical (unpaired) electrons. The van der Waals surface area contributed by atoms with Gasteiger partial charge < -0.3 is 9.64 Å². The van der Waals surface area contributed by atoms with Crippen molar-refractivity contribution in [1.29, 1.82) is 5.26 Å². The minimum absolute atomic E-state index is 0.357. The highest BCUT2D eigenvalue weighted by molar-refractivity contribution is 5.51. The lowest BCUT2D eigenvalue weighted by atomic mass is 10.1. The van der Waals surface area contributed by atoms with Gasteiger partial charge in [0.2, 0.25) is 0 Å². The van der Waals surface area contributed by atoms with Crippen LogP contribution in [0.15, 0.2) is 54.6 Å². The second-order valence-corrected chi connectivity index (χ2v) is 5.26. The van der Waals surface area contributed by atoms with Gasteiger partial charge in [-0.1, -0.05) is 32.0 Å². The van der Waals surface area contributed by atoms with Crippen molar-refractivity contribution < 1.29 is 4.74 Å². The van der Waals surface area contributed by atoms with Gasteiger partial charge in [-0.15, -0.1) is 0 Å². The Bertz CT molecular complexity index is 616. The van der Waals surface area contributed by atoms with Gasteiger partial charge in [-0.2, -0.15) is 5.26 Å². The number of ether oxygens (including phenoxy) is 1. The molecule has 1 heterocycles. The first kappa shape index (κ1) is 16.9. The molecule has 0 aliphatic carbocycles. The number of anilines is 1. The van der Waals surface area contributed by atoms with E-state index in [9.17, 15) is 0 Å². The Kier molecular flexibility index (Phi) is 6.50. The summed E-state index contributed by atoms with van der Waals surface area (Å²) < 4.78 is 5.80. The molecule has 1 atom stereocenters. The molecule has 1 saturated heterocycles. The van der Waals surface area contributed by atoms with Gasteiger partial charge in [0.05, 0.1) is 12.5 Å². The Morgan fingerprint density at radius 1 is 1.04 bits per heavy atom. The van der Waals surface area contributed by atoms with Crippen LogP contribution in [0.25, 0.3) is 0 Å². The molecule has 23 heavy (non-hydrogen) atoms.